The van der Waals surface area contributed by atoms with Gasteiger partial charge in [0.25, 0.3) is 0 Å². The van der Waals surface area contributed by atoms with Gasteiger partial charge in [0, 0.05) is 29.8 Å². The molecule has 3 heterocycles. The normalized spacial score (nSPS) is 24.5. The Kier molecular flexibility index (Phi) is 12.6. The summed E-state index contributed by atoms with van der Waals surface area (Å²) in [5, 5.41) is 10.2. The number of hydrogen-bond donors (Lipinski definition) is 4. The topological polar surface area (TPSA) is 122 Å². The van der Waals surface area contributed by atoms with Crippen molar-refractivity contribution >= 4 is 47.2 Å². The molecule has 6 atom stereocenters. The Morgan fingerprint density at radius 2 is 1.67 bits per heavy atom. The van der Waals surface area contributed by atoms with Crippen molar-refractivity contribution in [2.75, 3.05) is 13.7 Å². The number of nitrogens with one attached hydrogen (secondary N) is 3. The molecule has 0 aliphatic carbocycles. The van der Waals surface area contributed by atoms with Gasteiger partial charge in [-0.15, -0.1) is 0 Å². The first-order valence-electron chi connectivity index (χ1n) is 16.7. The lowest BCUT2D eigenvalue weighted by molar-refractivity contribution is -0.147. The predicted molar refractivity (Wildman–Crippen MR) is 179 cm³/mol. The van der Waals surface area contributed by atoms with Gasteiger partial charge in [0.05, 0.1) is 5.52 Å². The smallest absolute Gasteiger partial charge is 0.246 e. The van der Waals surface area contributed by atoms with Gasteiger partial charge in [0.15, 0.2) is 0 Å². The Morgan fingerprint density at radius 1 is 0.933 bits per heavy atom. The van der Waals surface area contributed by atoms with E-state index < -0.39 is 36.0 Å². The molecule has 2 fully saturated rings. The van der Waals surface area contributed by atoms with Crippen LogP contribution in [0.1, 0.15) is 90.5 Å². The lowest BCUT2D eigenvalue weighted by Crippen LogP contribution is -2.64. The molecular weight excluding hydrogens is 590 g/mol. The van der Waals surface area contributed by atoms with Gasteiger partial charge in [0.1, 0.15) is 31.3 Å². The van der Waals surface area contributed by atoms with E-state index in [-0.39, 0.29) is 24.2 Å². The Morgan fingerprint density at radius 3 is 2.40 bits per heavy atom. The minimum atomic E-state index is -0.974. The predicted octanol–water partition coefficient (Wildman–Crippen LogP) is 3.80. The first kappa shape index (κ1) is 34.7. The number of hydrogen-bond acceptors (Lipinski definition) is 6. The van der Waals surface area contributed by atoms with E-state index in [1.165, 1.54) is 0 Å². The van der Waals surface area contributed by atoms with E-state index in [1.807, 2.05) is 44.3 Å². The number of fused-ring (bicyclic) bond motifs is 2. The first-order chi connectivity index (χ1) is 21.7. The molecule has 2 aliphatic heterocycles. The summed E-state index contributed by atoms with van der Waals surface area (Å²) in [5.74, 6) is -1.53. The van der Waals surface area contributed by atoms with Crippen molar-refractivity contribution in [3.8, 4) is 0 Å². The second kappa shape index (κ2) is 16.4. The maximum absolute atomic E-state index is 14.1. The standard InChI is InChI=1S/C34H51N5O5S/c1-5-22(3)30-34(43)38-19-13-12-18-29(38)33(42)35-26(16-9-7-8-14-24(45)6-2)31(40)36-27(32(41)37-30)20-23-21-39(44-4)28-17-11-10-15-25(23)28/h10-11,15,17,21-22,24,26-27,29-30,45H,5-9,12-14,16,18-20H2,1-4H3,(H,35,42)(H,36,40)(H,37,41)/t22?,24?,26-,27-,29+,30-/m0/s1. The maximum Gasteiger partial charge on any atom is 0.246 e. The molecule has 248 valence electrons. The number of nitrogens with zero attached hydrogens (tertiary/aromatic N) is 2. The third-order valence-electron chi connectivity index (χ3n) is 9.51. The Balaban J connectivity index is 1.66. The Bertz CT molecular complexity index is 1330. The number of aromatic nitrogens is 1. The van der Waals surface area contributed by atoms with E-state index in [0.717, 1.165) is 61.4 Å². The van der Waals surface area contributed by atoms with Crippen LogP contribution in [0, 0.1) is 5.92 Å². The van der Waals surface area contributed by atoms with Crippen molar-refractivity contribution in [1.29, 1.82) is 0 Å². The summed E-state index contributed by atoms with van der Waals surface area (Å²) in [4.78, 5) is 63.0. The minimum absolute atomic E-state index is 0.168. The largest absolute Gasteiger partial charge is 0.417 e. The molecular formula is C34H51N5O5S. The monoisotopic (exact) mass is 641 g/mol. The summed E-state index contributed by atoms with van der Waals surface area (Å²) in [6.45, 7) is 6.47. The second-order valence-corrected chi connectivity index (χ2v) is 13.4. The van der Waals surface area contributed by atoms with E-state index in [1.54, 1.807) is 16.7 Å². The average molecular weight is 642 g/mol. The van der Waals surface area contributed by atoms with Crippen LogP contribution in [-0.2, 0) is 25.6 Å². The quantitative estimate of drug-likeness (QED) is 0.208. The van der Waals surface area contributed by atoms with Crippen molar-refractivity contribution in [1.82, 2.24) is 25.6 Å². The molecule has 1 aromatic carbocycles. The lowest BCUT2D eigenvalue weighted by atomic mass is 9.93. The molecule has 2 aliphatic rings. The summed E-state index contributed by atoms with van der Waals surface area (Å²) in [6, 6.07) is 4.42. The highest BCUT2D eigenvalue weighted by atomic mass is 32.1. The molecule has 3 N–H and O–H groups in total. The number of para-hydroxylation sites is 1. The molecule has 0 spiro atoms. The number of rotatable bonds is 12. The van der Waals surface area contributed by atoms with Crippen LogP contribution >= 0.6 is 12.6 Å². The Hall–Kier alpha value is -3.21. The van der Waals surface area contributed by atoms with E-state index >= 15 is 0 Å². The van der Waals surface area contributed by atoms with Crippen molar-refractivity contribution in [3.05, 3.63) is 36.0 Å². The molecule has 0 saturated carbocycles. The molecule has 0 bridgehead atoms. The van der Waals surface area contributed by atoms with Crippen LogP contribution < -0.4 is 20.8 Å². The highest BCUT2D eigenvalue weighted by Crippen LogP contribution is 2.24. The average Bonchev–Trinajstić information content (AvgIpc) is 3.41. The van der Waals surface area contributed by atoms with Gasteiger partial charge in [-0.25, -0.2) is 0 Å². The number of thiol groups is 1. The van der Waals surface area contributed by atoms with Gasteiger partial charge in [-0.2, -0.15) is 17.4 Å². The van der Waals surface area contributed by atoms with Gasteiger partial charge in [-0.1, -0.05) is 64.7 Å². The second-order valence-electron chi connectivity index (χ2n) is 12.6. The summed E-state index contributed by atoms with van der Waals surface area (Å²) in [6.07, 6.45) is 9.87. The highest BCUT2D eigenvalue weighted by molar-refractivity contribution is 7.80. The third kappa shape index (κ3) is 8.54. The Labute approximate surface area is 272 Å². The zero-order chi connectivity index (χ0) is 32.5. The van der Waals surface area contributed by atoms with Crippen LogP contribution in [0.2, 0.25) is 0 Å². The minimum Gasteiger partial charge on any atom is -0.417 e. The number of unbranched alkanes of at least 4 members (excludes halogenated alkanes) is 2. The van der Waals surface area contributed by atoms with E-state index in [0.29, 0.717) is 31.1 Å². The van der Waals surface area contributed by atoms with Gasteiger partial charge >= 0.3 is 0 Å². The van der Waals surface area contributed by atoms with Crippen LogP contribution in [0.25, 0.3) is 10.9 Å². The first-order valence-corrected chi connectivity index (χ1v) is 17.2. The molecule has 0 radical (unpaired) electrons. The molecule has 45 heavy (non-hydrogen) atoms. The van der Waals surface area contributed by atoms with Crippen molar-refractivity contribution < 1.29 is 24.0 Å². The molecule has 10 nitrogen and oxygen atoms in total. The molecule has 1 aromatic heterocycles. The number of amides is 4. The fraction of sp³-hybridized carbons (Fsp3) is 0.647. The van der Waals surface area contributed by atoms with E-state index in [4.69, 9.17) is 4.84 Å². The molecule has 2 saturated heterocycles. The van der Waals surface area contributed by atoms with Crippen LogP contribution in [0.3, 0.4) is 0 Å². The van der Waals surface area contributed by atoms with Crippen LogP contribution in [-0.4, -0.2) is 76.3 Å². The van der Waals surface area contributed by atoms with Gasteiger partial charge in [-0.05, 0) is 56.1 Å². The van der Waals surface area contributed by atoms with Gasteiger partial charge in [-0.3, -0.25) is 19.2 Å². The van der Waals surface area contributed by atoms with Crippen molar-refractivity contribution in [3.63, 3.8) is 0 Å². The molecule has 4 amide bonds. The number of carbonyl (C=O) groups is 4. The SMILES string of the molecule is CCC(S)CCCCC[C@@H]1NC(=O)[C@H]2CCCCN2C(=O)[C@H](C(C)CC)NC(=O)[C@H](Cc2cn(OC)c3ccccc23)NC1=O. The molecule has 2 aromatic rings. The summed E-state index contributed by atoms with van der Waals surface area (Å²) >= 11 is 4.59. The van der Waals surface area contributed by atoms with Crippen LogP contribution in [0.15, 0.2) is 30.5 Å². The molecule has 11 heteroatoms. The van der Waals surface area contributed by atoms with Gasteiger partial charge in [0.2, 0.25) is 23.6 Å². The maximum atomic E-state index is 14.1. The summed E-state index contributed by atoms with van der Waals surface area (Å²) < 4.78 is 1.64. The fourth-order valence-electron chi connectivity index (χ4n) is 6.46. The van der Waals surface area contributed by atoms with Crippen molar-refractivity contribution in [2.24, 2.45) is 5.92 Å². The summed E-state index contributed by atoms with van der Waals surface area (Å²) in [7, 11) is 1.57. The number of benzene rings is 1. The fourth-order valence-corrected chi connectivity index (χ4v) is 6.65. The highest BCUT2D eigenvalue weighted by Gasteiger charge is 2.40. The molecule has 4 rings (SSSR count). The van der Waals surface area contributed by atoms with Crippen LogP contribution in [0.4, 0.5) is 0 Å². The summed E-state index contributed by atoms with van der Waals surface area (Å²) in [5.41, 5.74) is 1.66. The molecule has 2 unspecified atom stereocenters. The van der Waals surface area contributed by atoms with E-state index in [9.17, 15) is 19.2 Å². The van der Waals surface area contributed by atoms with Gasteiger partial charge < -0.3 is 25.7 Å². The lowest BCUT2D eigenvalue weighted by Gasteiger charge is -2.39. The van der Waals surface area contributed by atoms with Crippen molar-refractivity contribution in [2.45, 2.75) is 121 Å². The van der Waals surface area contributed by atoms with Crippen LogP contribution in [0.5, 0.6) is 0 Å². The van der Waals surface area contributed by atoms with E-state index in [2.05, 4.69) is 35.5 Å². The zero-order valence-electron chi connectivity index (χ0n) is 27.2. The number of piperidine rings is 1. The third-order valence-corrected chi connectivity index (χ3v) is 10.1. The number of carbonyl (C=O) groups excluding carboxylic acids is 4. The zero-order valence-corrected chi connectivity index (χ0v) is 28.1.